The Kier molecular flexibility index (Phi) is 7.65. The second-order valence-corrected chi connectivity index (χ2v) is 9.12. The summed E-state index contributed by atoms with van der Waals surface area (Å²) in [6.07, 6.45) is 8.44. The molecular weight excluding hydrogens is 438 g/mol. The number of rotatable bonds is 7. The summed E-state index contributed by atoms with van der Waals surface area (Å²) in [7, 11) is 0. The molecule has 1 heterocycles. The second kappa shape index (κ2) is 11.0. The number of anilines is 2. The molecule has 1 saturated carbocycles. The predicted octanol–water partition coefficient (Wildman–Crippen LogP) is 5.30. The molecule has 1 aliphatic heterocycles. The molecule has 0 aromatic heterocycles. The summed E-state index contributed by atoms with van der Waals surface area (Å²) in [5, 5.41) is 14.0. The summed E-state index contributed by atoms with van der Waals surface area (Å²) in [6.45, 7) is 4.23. The minimum absolute atomic E-state index is 0.00258. The Morgan fingerprint density at radius 2 is 2.06 bits per heavy atom. The molecule has 1 fully saturated rings. The Balaban J connectivity index is 1.60. The zero-order valence-corrected chi connectivity index (χ0v) is 20.4. The van der Waals surface area contributed by atoms with Gasteiger partial charge in [-0.05, 0) is 81.9 Å². The number of carbonyl (C=O) groups excluding carboxylic acids is 1. The van der Waals surface area contributed by atoms with Gasteiger partial charge in [-0.25, -0.2) is 4.99 Å². The third-order valence-corrected chi connectivity index (χ3v) is 6.27. The number of nitrogens with two attached hydrogens (primary N) is 1. The molecule has 1 aliphatic carbocycles. The third kappa shape index (κ3) is 6.59. The lowest BCUT2D eigenvalue weighted by Gasteiger charge is -2.15. The normalized spacial score (nSPS) is 16.3. The van der Waals surface area contributed by atoms with Crippen molar-refractivity contribution in [1.29, 1.82) is 5.41 Å². The molecule has 7 nitrogen and oxygen atoms in total. The van der Waals surface area contributed by atoms with E-state index in [1.165, 1.54) is 11.8 Å². The molecule has 0 bridgehead atoms. The molecule has 7 heteroatoms. The highest BCUT2D eigenvalue weighted by atomic mass is 16.5. The van der Waals surface area contributed by atoms with Gasteiger partial charge >= 0.3 is 0 Å². The number of hydrogen-bond acceptors (Lipinski definition) is 6. The van der Waals surface area contributed by atoms with Gasteiger partial charge in [0.15, 0.2) is 6.61 Å². The Hall–Kier alpha value is -3.87. The van der Waals surface area contributed by atoms with Crippen molar-refractivity contribution in [2.75, 3.05) is 17.7 Å². The topological polar surface area (TPSA) is 113 Å². The minimum Gasteiger partial charge on any atom is -0.484 e. The van der Waals surface area contributed by atoms with Crippen molar-refractivity contribution in [3.05, 3.63) is 70.8 Å². The first-order chi connectivity index (χ1) is 16.9. The fraction of sp³-hybridized carbons (Fsp3) is 0.321. The molecule has 2 aromatic carbocycles. The maximum absolute atomic E-state index is 12.0. The van der Waals surface area contributed by atoms with Crippen LogP contribution in [-0.4, -0.2) is 30.6 Å². The maximum atomic E-state index is 12.0. The molecule has 0 spiro atoms. The van der Waals surface area contributed by atoms with E-state index in [4.69, 9.17) is 20.9 Å². The van der Waals surface area contributed by atoms with Gasteiger partial charge in [0.05, 0.1) is 5.70 Å². The Labute approximate surface area is 206 Å². The number of nitrogens with zero attached hydrogens (tertiary/aromatic N) is 1. The first-order valence-electron chi connectivity index (χ1n) is 12.1. The first kappa shape index (κ1) is 24.3. The average molecular weight is 472 g/mol. The van der Waals surface area contributed by atoms with Crippen LogP contribution < -0.4 is 21.1 Å². The van der Waals surface area contributed by atoms with E-state index in [1.807, 2.05) is 36.4 Å². The standard InChI is InChI=1S/C28H33N5O2/c1-18-6-3-4-9-26(20-7-5-8-24(15-20)35-17-27(34)31-22-10-11-22)33-28(19(18)2)32-23-12-13-25(30)21(14-23)16-29/h5,7-9,12-16,22,29H,3-4,6,10-11,17,30H2,1-2H3,(H,31,34)(H,32,33). The van der Waals surface area contributed by atoms with Crippen LogP contribution in [0.2, 0.25) is 0 Å². The van der Waals surface area contributed by atoms with Crippen molar-refractivity contribution in [3.8, 4) is 5.75 Å². The number of benzene rings is 2. The van der Waals surface area contributed by atoms with E-state index in [1.54, 1.807) is 6.07 Å². The van der Waals surface area contributed by atoms with Crippen molar-refractivity contribution in [1.82, 2.24) is 5.32 Å². The summed E-state index contributed by atoms with van der Waals surface area (Å²) in [5.74, 6) is 1.30. The van der Waals surface area contributed by atoms with Gasteiger partial charge in [-0.1, -0.05) is 23.8 Å². The third-order valence-electron chi connectivity index (χ3n) is 6.27. The number of amidine groups is 1. The van der Waals surface area contributed by atoms with Crippen molar-refractivity contribution < 1.29 is 9.53 Å². The summed E-state index contributed by atoms with van der Waals surface area (Å²) < 4.78 is 5.76. The number of aliphatic imine (C=N–C) groups is 1. The van der Waals surface area contributed by atoms with E-state index in [-0.39, 0.29) is 12.5 Å². The highest BCUT2D eigenvalue weighted by molar-refractivity contribution is 6.10. The monoisotopic (exact) mass is 471 g/mol. The van der Waals surface area contributed by atoms with Crippen molar-refractivity contribution in [2.24, 2.45) is 4.99 Å². The van der Waals surface area contributed by atoms with E-state index in [9.17, 15) is 4.79 Å². The van der Waals surface area contributed by atoms with Crippen LogP contribution in [0.4, 0.5) is 11.4 Å². The Morgan fingerprint density at radius 3 is 2.83 bits per heavy atom. The lowest BCUT2D eigenvalue weighted by Crippen LogP contribution is -2.30. The maximum Gasteiger partial charge on any atom is 0.258 e. The molecule has 0 radical (unpaired) electrons. The zero-order chi connectivity index (χ0) is 24.8. The second-order valence-electron chi connectivity index (χ2n) is 9.12. The Morgan fingerprint density at radius 1 is 1.23 bits per heavy atom. The van der Waals surface area contributed by atoms with Crippen molar-refractivity contribution >= 4 is 35.0 Å². The summed E-state index contributed by atoms with van der Waals surface area (Å²) in [5.41, 5.74) is 12.2. The van der Waals surface area contributed by atoms with Crippen LogP contribution in [0.3, 0.4) is 0 Å². The fourth-order valence-electron chi connectivity index (χ4n) is 3.86. The first-order valence-corrected chi connectivity index (χ1v) is 12.1. The predicted molar refractivity (Wildman–Crippen MR) is 143 cm³/mol. The van der Waals surface area contributed by atoms with E-state index >= 15 is 0 Å². The van der Waals surface area contributed by atoms with Crippen LogP contribution in [0.25, 0.3) is 5.70 Å². The molecule has 2 aromatic rings. The number of allylic oxidation sites excluding steroid dienone is 2. The molecule has 182 valence electrons. The van der Waals surface area contributed by atoms with Crippen LogP contribution in [0.5, 0.6) is 5.75 Å². The quantitative estimate of drug-likeness (QED) is 0.324. The van der Waals surface area contributed by atoms with Gasteiger partial charge in [0, 0.05) is 34.8 Å². The average Bonchev–Trinajstić information content (AvgIpc) is 3.67. The summed E-state index contributed by atoms with van der Waals surface area (Å²) in [6, 6.07) is 13.6. The van der Waals surface area contributed by atoms with Crippen molar-refractivity contribution in [2.45, 2.75) is 52.0 Å². The van der Waals surface area contributed by atoms with Gasteiger partial charge in [-0.3, -0.25) is 4.79 Å². The van der Waals surface area contributed by atoms with Gasteiger partial charge in [0.2, 0.25) is 0 Å². The molecule has 0 saturated heterocycles. The van der Waals surface area contributed by atoms with E-state index in [0.29, 0.717) is 23.0 Å². The van der Waals surface area contributed by atoms with Crippen LogP contribution >= 0.6 is 0 Å². The number of carbonyl (C=O) groups is 1. The minimum atomic E-state index is -0.0897. The van der Waals surface area contributed by atoms with Gasteiger partial charge in [0.1, 0.15) is 11.6 Å². The Bertz CT molecular complexity index is 1210. The fourth-order valence-corrected chi connectivity index (χ4v) is 3.86. The molecule has 4 rings (SSSR count). The zero-order valence-electron chi connectivity index (χ0n) is 20.4. The molecule has 0 unspecified atom stereocenters. The smallest absolute Gasteiger partial charge is 0.258 e. The SMILES string of the molecule is CC1=C(C)C(Nc2ccc(N)c(C=N)c2)=NC(c2cccc(OCC(=O)NC3CC3)c2)=CCCC1. The number of nitrogen functional groups attached to an aromatic ring is 1. The highest BCUT2D eigenvalue weighted by Gasteiger charge is 2.23. The lowest BCUT2D eigenvalue weighted by molar-refractivity contribution is -0.123. The number of ether oxygens (including phenoxy) is 1. The number of amides is 1. The molecule has 1 amide bonds. The van der Waals surface area contributed by atoms with Crippen molar-refractivity contribution in [3.63, 3.8) is 0 Å². The molecule has 2 aliphatic rings. The van der Waals surface area contributed by atoms with Gasteiger partial charge in [-0.15, -0.1) is 0 Å². The molecule has 5 N–H and O–H groups in total. The summed E-state index contributed by atoms with van der Waals surface area (Å²) >= 11 is 0. The molecule has 0 atom stereocenters. The van der Waals surface area contributed by atoms with Crippen LogP contribution in [0.1, 0.15) is 57.1 Å². The summed E-state index contributed by atoms with van der Waals surface area (Å²) in [4.78, 5) is 17.1. The molecule has 35 heavy (non-hydrogen) atoms. The number of hydrogen-bond donors (Lipinski definition) is 4. The molecular formula is C28H33N5O2. The van der Waals surface area contributed by atoms with Crippen LogP contribution in [-0.2, 0) is 4.79 Å². The van der Waals surface area contributed by atoms with E-state index in [0.717, 1.165) is 60.5 Å². The lowest BCUT2D eigenvalue weighted by atomic mass is 10.0. The van der Waals surface area contributed by atoms with E-state index < -0.39 is 0 Å². The van der Waals surface area contributed by atoms with E-state index in [2.05, 4.69) is 30.6 Å². The van der Waals surface area contributed by atoms with Crippen LogP contribution in [0.15, 0.2) is 64.7 Å². The van der Waals surface area contributed by atoms with Gasteiger partial charge < -0.3 is 26.5 Å². The van der Waals surface area contributed by atoms with Gasteiger partial charge in [-0.2, -0.15) is 0 Å². The largest absolute Gasteiger partial charge is 0.484 e. The van der Waals surface area contributed by atoms with Crippen LogP contribution in [0, 0.1) is 5.41 Å². The highest BCUT2D eigenvalue weighted by Crippen LogP contribution is 2.27. The van der Waals surface area contributed by atoms with Gasteiger partial charge in [0.25, 0.3) is 5.91 Å². The number of nitrogens with one attached hydrogen (secondary N) is 3.